The highest BCUT2D eigenvalue weighted by Crippen LogP contribution is 2.33. The molecule has 1 heterocycles. The van der Waals surface area contributed by atoms with Gasteiger partial charge in [0.05, 0.1) is 19.8 Å². The van der Waals surface area contributed by atoms with Gasteiger partial charge in [0.1, 0.15) is 28.7 Å². The Morgan fingerprint density at radius 3 is 2.39 bits per heavy atom. The molecule has 0 saturated carbocycles. The van der Waals surface area contributed by atoms with E-state index in [-0.39, 0.29) is 39.2 Å². The number of hydrogen-bond donors (Lipinski definition) is 2. The molecule has 2 aromatic carbocycles. The van der Waals surface area contributed by atoms with Gasteiger partial charge in [-0.05, 0) is 17.7 Å². The average molecular weight is 314 g/mol. The summed E-state index contributed by atoms with van der Waals surface area (Å²) in [5.74, 6) is 0.379. The van der Waals surface area contributed by atoms with E-state index in [1.165, 1.54) is 38.7 Å². The summed E-state index contributed by atoms with van der Waals surface area (Å²) in [6, 6.07) is 7.30. The Balaban J connectivity index is 2.27. The van der Waals surface area contributed by atoms with E-state index in [1.807, 2.05) is 0 Å². The van der Waals surface area contributed by atoms with Crippen LogP contribution in [0.15, 0.2) is 45.8 Å². The number of rotatable bonds is 3. The molecule has 0 radical (unpaired) electrons. The minimum Gasteiger partial charge on any atom is -0.508 e. The number of hydrogen-bond acceptors (Lipinski definition) is 6. The van der Waals surface area contributed by atoms with Crippen molar-refractivity contribution in [1.29, 1.82) is 0 Å². The fourth-order valence-electron chi connectivity index (χ4n) is 2.42. The van der Waals surface area contributed by atoms with E-state index in [9.17, 15) is 15.0 Å². The third-order valence-electron chi connectivity index (χ3n) is 3.54. The number of benzene rings is 2. The van der Waals surface area contributed by atoms with Crippen LogP contribution in [0.4, 0.5) is 0 Å². The molecule has 0 amide bonds. The van der Waals surface area contributed by atoms with E-state index < -0.39 is 0 Å². The van der Waals surface area contributed by atoms with Crippen LogP contribution >= 0.6 is 0 Å². The summed E-state index contributed by atoms with van der Waals surface area (Å²) in [4.78, 5) is 12.8. The molecule has 3 rings (SSSR count). The van der Waals surface area contributed by atoms with Crippen molar-refractivity contribution in [3.8, 4) is 34.1 Å². The van der Waals surface area contributed by atoms with Gasteiger partial charge in [0, 0.05) is 12.1 Å². The van der Waals surface area contributed by atoms with Crippen molar-refractivity contribution in [3.63, 3.8) is 0 Å². The predicted molar refractivity (Wildman–Crippen MR) is 84.4 cm³/mol. The van der Waals surface area contributed by atoms with Gasteiger partial charge in [-0.2, -0.15) is 0 Å². The maximum Gasteiger partial charge on any atom is 0.204 e. The van der Waals surface area contributed by atoms with E-state index in [0.29, 0.717) is 11.3 Å². The molecular formula is C17H14O6. The SMILES string of the molecule is COc1ccc(-c2coc3cc(O)cc(OC)c3c2=O)cc1O. The Labute approximate surface area is 131 Å². The number of phenols is 2. The summed E-state index contributed by atoms with van der Waals surface area (Å²) in [7, 11) is 2.84. The van der Waals surface area contributed by atoms with Crippen molar-refractivity contribution in [3.05, 3.63) is 46.8 Å². The van der Waals surface area contributed by atoms with Crippen LogP contribution in [0, 0.1) is 0 Å². The standard InChI is InChI=1S/C17H14O6/c1-21-13-4-3-9(5-12(13)19)11-8-23-15-7-10(18)6-14(22-2)16(15)17(11)20/h3-8,18-19H,1-2H3. The van der Waals surface area contributed by atoms with Gasteiger partial charge in [0.15, 0.2) is 11.5 Å². The van der Waals surface area contributed by atoms with Crippen molar-refractivity contribution in [2.24, 2.45) is 0 Å². The molecule has 6 nitrogen and oxygen atoms in total. The summed E-state index contributed by atoms with van der Waals surface area (Å²) >= 11 is 0. The van der Waals surface area contributed by atoms with Crippen LogP contribution in [-0.2, 0) is 0 Å². The minimum absolute atomic E-state index is 0.0626. The van der Waals surface area contributed by atoms with Crippen molar-refractivity contribution in [1.82, 2.24) is 0 Å². The first-order chi connectivity index (χ1) is 11.0. The predicted octanol–water partition coefficient (Wildman–Crippen LogP) is 2.89. The third-order valence-corrected chi connectivity index (χ3v) is 3.54. The second-order valence-corrected chi connectivity index (χ2v) is 4.89. The lowest BCUT2D eigenvalue weighted by Crippen LogP contribution is -2.06. The smallest absolute Gasteiger partial charge is 0.204 e. The Kier molecular flexibility index (Phi) is 3.57. The van der Waals surface area contributed by atoms with Crippen LogP contribution in [-0.4, -0.2) is 24.4 Å². The fraction of sp³-hybridized carbons (Fsp3) is 0.118. The van der Waals surface area contributed by atoms with Gasteiger partial charge < -0.3 is 24.1 Å². The van der Waals surface area contributed by atoms with Crippen LogP contribution < -0.4 is 14.9 Å². The fourth-order valence-corrected chi connectivity index (χ4v) is 2.42. The molecule has 23 heavy (non-hydrogen) atoms. The first kappa shape index (κ1) is 14.8. The van der Waals surface area contributed by atoms with Gasteiger partial charge in [0.2, 0.25) is 5.43 Å². The van der Waals surface area contributed by atoms with E-state index in [0.717, 1.165) is 0 Å². The zero-order valence-corrected chi connectivity index (χ0v) is 12.5. The maximum atomic E-state index is 12.8. The molecule has 2 N–H and O–H groups in total. The molecule has 0 unspecified atom stereocenters. The molecule has 0 bridgehead atoms. The van der Waals surface area contributed by atoms with E-state index in [1.54, 1.807) is 12.1 Å². The molecule has 0 aliphatic heterocycles. The Bertz CT molecular complexity index is 942. The summed E-state index contributed by atoms with van der Waals surface area (Å²) < 4.78 is 15.6. The maximum absolute atomic E-state index is 12.8. The summed E-state index contributed by atoms with van der Waals surface area (Å²) in [5.41, 5.74) is 0.634. The lowest BCUT2D eigenvalue weighted by Gasteiger charge is -2.09. The third kappa shape index (κ3) is 2.44. The number of methoxy groups -OCH3 is 2. The monoisotopic (exact) mass is 314 g/mol. The van der Waals surface area contributed by atoms with Gasteiger partial charge in [-0.1, -0.05) is 6.07 Å². The molecule has 0 fully saturated rings. The van der Waals surface area contributed by atoms with Gasteiger partial charge in [-0.15, -0.1) is 0 Å². The van der Waals surface area contributed by atoms with E-state index in [2.05, 4.69) is 0 Å². The lowest BCUT2D eigenvalue weighted by atomic mass is 10.0. The number of fused-ring (bicyclic) bond motifs is 1. The molecule has 6 heteroatoms. The summed E-state index contributed by atoms with van der Waals surface area (Å²) in [6.45, 7) is 0. The summed E-state index contributed by atoms with van der Waals surface area (Å²) in [6.07, 6.45) is 1.28. The topological polar surface area (TPSA) is 89.1 Å². The largest absolute Gasteiger partial charge is 0.508 e. The molecule has 0 aliphatic rings. The average Bonchev–Trinajstić information content (AvgIpc) is 2.54. The van der Waals surface area contributed by atoms with Crippen molar-refractivity contribution >= 4 is 11.0 Å². The normalized spacial score (nSPS) is 10.7. The molecule has 0 spiro atoms. The van der Waals surface area contributed by atoms with Crippen molar-refractivity contribution < 1.29 is 24.1 Å². The molecule has 3 aromatic rings. The highest BCUT2D eigenvalue weighted by Gasteiger charge is 2.15. The molecule has 0 atom stereocenters. The Hall–Kier alpha value is -3.15. The molecule has 0 aliphatic carbocycles. The van der Waals surface area contributed by atoms with Crippen LogP contribution in [0.3, 0.4) is 0 Å². The van der Waals surface area contributed by atoms with Gasteiger partial charge in [0.25, 0.3) is 0 Å². The highest BCUT2D eigenvalue weighted by atomic mass is 16.5. The first-order valence-electron chi connectivity index (χ1n) is 6.75. The second kappa shape index (κ2) is 5.57. The van der Waals surface area contributed by atoms with Gasteiger partial charge >= 0.3 is 0 Å². The van der Waals surface area contributed by atoms with E-state index in [4.69, 9.17) is 13.9 Å². The molecule has 0 saturated heterocycles. The number of phenolic OH excluding ortho intramolecular Hbond substituents is 2. The Morgan fingerprint density at radius 1 is 1.00 bits per heavy atom. The van der Waals surface area contributed by atoms with Crippen molar-refractivity contribution in [2.45, 2.75) is 0 Å². The highest BCUT2D eigenvalue weighted by molar-refractivity contribution is 5.88. The summed E-state index contributed by atoms with van der Waals surface area (Å²) in [5, 5.41) is 19.7. The molecule has 118 valence electrons. The second-order valence-electron chi connectivity index (χ2n) is 4.89. The zero-order valence-electron chi connectivity index (χ0n) is 12.5. The van der Waals surface area contributed by atoms with Gasteiger partial charge in [-0.25, -0.2) is 0 Å². The number of aromatic hydroxyl groups is 2. The molecular weight excluding hydrogens is 300 g/mol. The van der Waals surface area contributed by atoms with Crippen LogP contribution in [0.1, 0.15) is 0 Å². The van der Waals surface area contributed by atoms with Crippen LogP contribution in [0.25, 0.3) is 22.1 Å². The first-order valence-corrected chi connectivity index (χ1v) is 6.75. The van der Waals surface area contributed by atoms with Crippen LogP contribution in [0.2, 0.25) is 0 Å². The van der Waals surface area contributed by atoms with E-state index >= 15 is 0 Å². The lowest BCUT2D eigenvalue weighted by molar-refractivity contribution is 0.373. The minimum atomic E-state index is -0.326. The zero-order chi connectivity index (χ0) is 16.6. The molecule has 1 aromatic heterocycles. The Morgan fingerprint density at radius 2 is 1.74 bits per heavy atom. The quantitative estimate of drug-likeness (QED) is 0.772. The van der Waals surface area contributed by atoms with Crippen LogP contribution in [0.5, 0.6) is 23.0 Å². The van der Waals surface area contributed by atoms with Gasteiger partial charge in [-0.3, -0.25) is 4.79 Å². The van der Waals surface area contributed by atoms with Crippen molar-refractivity contribution in [2.75, 3.05) is 14.2 Å². The number of ether oxygens (including phenoxy) is 2.